The molecule has 1 aliphatic rings. The minimum atomic E-state index is -3.64. The molecule has 0 aliphatic carbocycles. The first kappa shape index (κ1) is 19.6. The number of carbonyl (C=O) groups excluding carboxylic acids is 1. The fraction of sp³-hybridized carbons (Fsp3) is 0.316. The monoisotopic (exact) mass is 399 g/mol. The molecule has 0 atom stereocenters. The van der Waals surface area contributed by atoms with Gasteiger partial charge in [-0.05, 0) is 36.4 Å². The Bertz CT molecular complexity index is 963. The van der Waals surface area contributed by atoms with Gasteiger partial charge in [0.05, 0.1) is 23.6 Å². The number of rotatable bonds is 5. The van der Waals surface area contributed by atoms with Gasteiger partial charge in [-0.1, -0.05) is 6.07 Å². The smallest absolute Gasteiger partial charge is 0.243 e. The van der Waals surface area contributed by atoms with Gasteiger partial charge < -0.3 is 9.80 Å². The van der Waals surface area contributed by atoms with Crippen LogP contribution in [0.25, 0.3) is 0 Å². The Balaban J connectivity index is 1.67. The second-order valence-corrected chi connectivity index (χ2v) is 8.39. The van der Waals surface area contributed by atoms with Crippen molar-refractivity contribution in [3.63, 3.8) is 0 Å². The number of nitrogens with zero attached hydrogens (tertiary/aromatic N) is 5. The van der Waals surface area contributed by atoms with Crippen LogP contribution in [0.2, 0.25) is 0 Å². The number of aromatic nitrogens is 1. The van der Waals surface area contributed by atoms with Gasteiger partial charge in [-0.15, -0.1) is 0 Å². The van der Waals surface area contributed by atoms with E-state index >= 15 is 0 Å². The van der Waals surface area contributed by atoms with E-state index in [-0.39, 0.29) is 12.5 Å². The minimum Gasteiger partial charge on any atom is -0.353 e. The van der Waals surface area contributed by atoms with E-state index in [0.29, 0.717) is 37.4 Å². The van der Waals surface area contributed by atoms with Crippen LogP contribution >= 0.6 is 0 Å². The van der Waals surface area contributed by atoms with Crippen molar-refractivity contribution in [2.45, 2.75) is 0 Å². The summed E-state index contributed by atoms with van der Waals surface area (Å²) in [5, 5.41) is 8.90. The highest BCUT2D eigenvalue weighted by molar-refractivity contribution is 7.92. The second-order valence-electron chi connectivity index (χ2n) is 6.48. The third-order valence-electron chi connectivity index (χ3n) is 4.57. The Morgan fingerprint density at radius 3 is 2.36 bits per heavy atom. The molecule has 146 valence electrons. The standard InChI is InChI=1S/C19H21N5O3S/c1-28(26,27)24(17-7-5-16(14-20)6-8-17)15-19(25)23-12-10-22(11-13-23)18-4-2-3-9-21-18/h2-9H,10-13,15H2,1H3. The van der Waals surface area contributed by atoms with E-state index < -0.39 is 10.0 Å². The molecule has 1 saturated heterocycles. The molecule has 2 heterocycles. The van der Waals surface area contributed by atoms with Crippen LogP contribution in [0.3, 0.4) is 0 Å². The maximum absolute atomic E-state index is 12.7. The molecule has 1 amide bonds. The summed E-state index contributed by atoms with van der Waals surface area (Å²) < 4.78 is 25.5. The van der Waals surface area contributed by atoms with Gasteiger partial charge in [0.25, 0.3) is 0 Å². The maximum Gasteiger partial charge on any atom is 0.243 e. The zero-order chi connectivity index (χ0) is 20.1. The molecule has 0 saturated carbocycles. The molecular weight excluding hydrogens is 378 g/mol. The predicted molar refractivity (Wildman–Crippen MR) is 106 cm³/mol. The maximum atomic E-state index is 12.7. The van der Waals surface area contributed by atoms with Crippen LogP contribution in [0.1, 0.15) is 5.56 Å². The summed E-state index contributed by atoms with van der Waals surface area (Å²) >= 11 is 0. The second kappa shape index (κ2) is 8.27. The lowest BCUT2D eigenvalue weighted by Crippen LogP contribution is -2.52. The zero-order valence-corrected chi connectivity index (χ0v) is 16.3. The number of nitriles is 1. The number of sulfonamides is 1. The highest BCUT2D eigenvalue weighted by Crippen LogP contribution is 2.19. The number of benzene rings is 1. The van der Waals surface area contributed by atoms with Crippen molar-refractivity contribution in [3.8, 4) is 6.07 Å². The van der Waals surface area contributed by atoms with Crippen molar-refractivity contribution < 1.29 is 13.2 Å². The molecule has 8 nitrogen and oxygen atoms in total. The van der Waals surface area contributed by atoms with E-state index in [4.69, 9.17) is 5.26 Å². The van der Waals surface area contributed by atoms with Crippen molar-refractivity contribution in [1.29, 1.82) is 5.26 Å². The highest BCUT2D eigenvalue weighted by atomic mass is 32.2. The molecule has 0 unspecified atom stereocenters. The van der Waals surface area contributed by atoms with Gasteiger partial charge >= 0.3 is 0 Å². The number of amides is 1. The summed E-state index contributed by atoms with van der Waals surface area (Å²) in [5.41, 5.74) is 0.788. The van der Waals surface area contributed by atoms with E-state index in [1.54, 1.807) is 11.1 Å². The summed E-state index contributed by atoms with van der Waals surface area (Å²) in [6.07, 6.45) is 2.80. The average molecular weight is 399 g/mol. The minimum absolute atomic E-state index is 0.254. The summed E-state index contributed by atoms with van der Waals surface area (Å²) in [6.45, 7) is 2.01. The summed E-state index contributed by atoms with van der Waals surface area (Å²) in [5.74, 6) is 0.611. The van der Waals surface area contributed by atoms with E-state index in [1.807, 2.05) is 24.3 Å². The summed E-state index contributed by atoms with van der Waals surface area (Å²) in [4.78, 5) is 20.8. The molecule has 2 aromatic rings. The van der Waals surface area contributed by atoms with E-state index in [2.05, 4.69) is 9.88 Å². The Morgan fingerprint density at radius 1 is 1.14 bits per heavy atom. The van der Waals surface area contributed by atoms with Crippen molar-refractivity contribution in [2.75, 3.05) is 48.2 Å². The van der Waals surface area contributed by atoms with Crippen LogP contribution in [0, 0.1) is 11.3 Å². The molecule has 1 aliphatic heterocycles. The fourth-order valence-corrected chi connectivity index (χ4v) is 3.90. The van der Waals surface area contributed by atoms with E-state index in [1.165, 1.54) is 24.3 Å². The van der Waals surface area contributed by atoms with Crippen LogP contribution < -0.4 is 9.21 Å². The molecule has 0 N–H and O–H groups in total. The number of piperazine rings is 1. The van der Waals surface area contributed by atoms with Crippen molar-refractivity contribution in [1.82, 2.24) is 9.88 Å². The number of carbonyl (C=O) groups is 1. The Labute approximate surface area is 164 Å². The lowest BCUT2D eigenvalue weighted by molar-refractivity contribution is -0.129. The van der Waals surface area contributed by atoms with Gasteiger partial charge in [0.15, 0.2) is 0 Å². The Morgan fingerprint density at radius 2 is 1.82 bits per heavy atom. The van der Waals surface area contributed by atoms with Crippen LogP contribution in [0.15, 0.2) is 48.7 Å². The molecule has 1 aromatic heterocycles. The van der Waals surface area contributed by atoms with Crippen molar-refractivity contribution in [2.24, 2.45) is 0 Å². The normalized spacial score (nSPS) is 14.4. The van der Waals surface area contributed by atoms with Gasteiger partial charge in [0.2, 0.25) is 15.9 Å². The SMILES string of the molecule is CS(=O)(=O)N(CC(=O)N1CCN(c2ccccn2)CC1)c1ccc(C#N)cc1. The molecule has 3 rings (SSSR count). The van der Waals surface area contributed by atoms with Gasteiger partial charge in [0.1, 0.15) is 12.4 Å². The first-order valence-corrected chi connectivity index (χ1v) is 10.6. The number of hydrogen-bond acceptors (Lipinski definition) is 6. The van der Waals surface area contributed by atoms with Crippen molar-refractivity contribution in [3.05, 3.63) is 54.2 Å². The Kier molecular flexibility index (Phi) is 5.80. The molecule has 9 heteroatoms. The highest BCUT2D eigenvalue weighted by Gasteiger charge is 2.26. The van der Waals surface area contributed by atoms with Gasteiger partial charge in [-0.3, -0.25) is 9.10 Å². The van der Waals surface area contributed by atoms with Crippen LogP contribution in [0.4, 0.5) is 11.5 Å². The molecule has 0 spiro atoms. The molecule has 1 fully saturated rings. The lowest BCUT2D eigenvalue weighted by atomic mass is 10.2. The van der Waals surface area contributed by atoms with E-state index in [0.717, 1.165) is 16.4 Å². The fourth-order valence-electron chi connectivity index (χ4n) is 3.05. The first-order chi connectivity index (χ1) is 13.4. The lowest BCUT2D eigenvalue weighted by Gasteiger charge is -2.36. The van der Waals surface area contributed by atoms with Gasteiger partial charge in [-0.25, -0.2) is 13.4 Å². The molecule has 1 aromatic carbocycles. The average Bonchev–Trinajstić information content (AvgIpc) is 2.72. The molecule has 28 heavy (non-hydrogen) atoms. The topological polar surface area (TPSA) is 97.6 Å². The van der Waals surface area contributed by atoms with Crippen LogP contribution in [0.5, 0.6) is 0 Å². The van der Waals surface area contributed by atoms with Crippen LogP contribution in [-0.4, -0.2) is 63.2 Å². The first-order valence-electron chi connectivity index (χ1n) is 8.80. The van der Waals surface area contributed by atoms with Gasteiger partial charge in [0, 0.05) is 32.4 Å². The summed E-state index contributed by atoms with van der Waals surface area (Å²) in [7, 11) is -3.64. The molecule has 0 radical (unpaired) electrons. The third kappa shape index (κ3) is 4.58. The molecular formula is C19H21N5O3S. The number of pyridine rings is 1. The van der Waals surface area contributed by atoms with Gasteiger partial charge in [-0.2, -0.15) is 5.26 Å². The quantitative estimate of drug-likeness (QED) is 0.746. The predicted octanol–water partition coefficient (Wildman–Crippen LogP) is 1.07. The van der Waals surface area contributed by atoms with Crippen molar-refractivity contribution >= 4 is 27.4 Å². The third-order valence-corrected chi connectivity index (χ3v) is 5.71. The zero-order valence-electron chi connectivity index (χ0n) is 15.5. The largest absolute Gasteiger partial charge is 0.353 e. The van der Waals surface area contributed by atoms with E-state index in [9.17, 15) is 13.2 Å². The summed E-state index contributed by atoms with van der Waals surface area (Å²) in [6, 6.07) is 13.8. The Hall–Kier alpha value is -3.12. The number of hydrogen-bond donors (Lipinski definition) is 0. The molecule has 0 bridgehead atoms. The van der Waals surface area contributed by atoms with Crippen LogP contribution in [-0.2, 0) is 14.8 Å². The number of anilines is 2.